The van der Waals surface area contributed by atoms with E-state index in [-0.39, 0.29) is 11.3 Å². The van der Waals surface area contributed by atoms with E-state index in [1.165, 1.54) is 10.5 Å². The van der Waals surface area contributed by atoms with Gasteiger partial charge in [0, 0.05) is 30.1 Å². The van der Waals surface area contributed by atoms with Crippen LogP contribution in [-0.4, -0.2) is 33.3 Å². The molecule has 1 amide bonds. The molecule has 110 valence electrons. The maximum atomic E-state index is 11.9. The fourth-order valence-corrected chi connectivity index (χ4v) is 4.01. The molecule has 4 nitrogen and oxygen atoms in total. The van der Waals surface area contributed by atoms with Crippen LogP contribution in [0.3, 0.4) is 0 Å². The van der Waals surface area contributed by atoms with Gasteiger partial charge in [0.2, 0.25) is 0 Å². The summed E-state index contributed by atoms with van der Waals surface area (Å²) in [6.45, 7) is 7.53. The highest BCUT2D eigenvalue weighted by molar-refractivity contribution is 7.15. The van der Waals surface area contributed by atoms with Crippen molar-refractivity contribution < 1.29 is 4.79 Å². The molecule has 0 aliphatic carbocycles. The van der Waals surface area contributed by atoms with Crippen LogP contribution in [0.2, 0.25) is 0 Å². The summed E-state index contributed by atoms with van der Waals surface area (Å²) in [5.41, 5.74) is 1.23. The number of rotatable bonds is 1. The Hall–Kier alpha value is -1.80. The van der Waals surface area contributed by atoms with E-state index >= 15 is 0 Å². The van der Waals surface area contributed by atoms with Crippen molar-refractivity contribution in [2.24, 2.45) is 0 Å². The number of hydrogen-bond acceptors (Lipinski definition) is 3. The van der Waals surface area contributed by atoms with Crippen molar-refractivity contribution in [2.45, 2.75) is 39.0 Å². The molecule has 0 unspecified atom stereocenters. The Bertz CT molecular complexity index is 738. The van der Waals surface area contributed by atoms with Crippen LogP contribution in [0.15, 0.2) is 11.6 Å². The van der Waals surface area contributed by atoms with E-state index in [4.69, 9.17) is 4.98 Å². The Balaban J connectivity index is 1.85. The molecule has 3 heterocycles. The summed E-state index contributed by atoms with van der Waals surface area (Å²) in [5, 5.41) is 2.10. The van der Waals surface area contributed by atoms with E-state index in [2.05, 4.69) is 34.7 Å². The van der Waals surface area contributed by atoms with Crippen LogP contribution in [0.1, 0.15) is 38.2 Å². The number of thiazole rings is 1. The van der Waals surface area contributed by atoms with Crippen molar-refractivity contribution in [3.63, 3.8) is 0 Å². The standard InChI is InChI=1S/C16H19N3OS/c1-4-5-13(20)18-8-6-16(3,7-9-18)14-15-19(10-11-21-15)12(2)17-14/h10-11H,6-9H2,1-3H3. The van der Waals surface area contributed by atoms with E-state index in [0.717, 1.165) is 31.8 Å². The number of aryl methyl sites for hydroxylation is 1. The van der Waals surface area contributed by atoms with Crippen molar-refractivity contribution >= 4 is 22.1 Å². The van der Waals surface area contributed by atoms with Gasteiger partial charge in [-0.05, 0) is 32.6 Å². The lowest BCUT2D eigenvalue weighted by Crippen LogP contribution is -2.43. The molecule has 0 bridgehead atoms. The summed E-state index contributed by atoms with van der Waals surface area (Å²) in [6.07, 6.45) is 3.95. The van der Waals surface area contributed by atoms with Gasteiger partial charge in [-0.1, -0.05) is 12.8 Å². The Labute approximate surface area is 128 Å². The zero-order chi connectivity index (χ0) is 15.0. The number of nitrogens with zero attached hydrogens (tertiary/aromatic N) is 3. The topological polar surface area (TPSA) is 37.6 Å². The minimum absolute atomic E-state index is 0.0424. The van der Waals surface area contributed by atoms with Gasteiger partial charge in [-0.3, -0.25) is 9.20 Å². The van der Waals surface area contributed by atoms with E-state index < -0.39 is 0 Å². The van der Waals surface area contributed by atoms with Crippen LogP contribution in [0.4, 0.5) is 0 Å². The van der Waals surface area contributed by atoms with Gasteiger partial charge in [0.1, 0.15) is 10.7 Å². The Morgan fingerprint density at radius 3 is 2.81 bits per heavy atom. The summed E-state index contributed by atoms with van der Waals surface area (Å²) < 4.78 is 2.16. The lowest BCUT2D eigenvalue weighted by Gasteiger charge is -2.37. The first-order valence-corrected chi connectivity index (χ1v) is 8.07. The number of fused-ring (bicyclic) bond motifs is 1. The summed E-state index contributed by atoms with van der Waals surface area (Å²) >= 11 is 1.74. The molecule has 1 aliphatic rings. The Morgan fingerprint density at radius 2 is 2.14 bits per heavy atom. The number of aromatic nitrogens is 2. The molecule has 1 fully saturated rings. The molecule has 5 heteroatoms. The third-order valence-corrected chi connectivity index (χ3v) is 5.26. The molecule has 0 radical (unpaired) electrons. The third kappa shape index (κ3) is 2.34. The predicted octanol–water partition coefficient (Wildman–Crippen LogP) is 2.61. The van der Waals surface area contributed by atoms with Crippen molar-refractivity contribution in [1.29, 1.82) is 0 Å². The molecule has 3 rings (SSSR count). The van der Waals surface area contributed by atoms with Crippen LogP contribution in [0.25, 0.3) is 4.83 Å². The molecular weight excluding hydrogens is 282 g/mol. The summed E-state index contributed by atoms with van der Waals surface area (Å²) in [4.78, 5) is 19.7. The second-order valence-electron chi connectivity index (χ2n) is 5.81. The highest BCUT2D eigenvalue weighted by atomic mass is 32.1. The summed E-state index contributed by atoms with van der Waals surface area (Å²) in [6, 6.07) is 0. The van der Waals surface area contributed by atoms with Gasteiger partial charge in [0.05, 0.1) is 5.69 Å². The minimum atomic E-state index is -0.0539. The van der Waals surface area contributed by atoms with Gasteiger partial charge < -0.3 is 4.90 Å². The zero-order valence-corrected chi connectivity index (χ0v) is 13.5. The van der Waals surface area contributed by atoms with E-state index in [1.54, 1.807) is 18.3 Å². The molecule has 0 aromatic carbocycles. The molecule has 21 heavy (non-hydrogen) atoms. The third-order valence-electron chi connectivity index (χ3n) is 4.39. The number of imidazole rings is 1. The van der Waals surface area contributed by atoms with Gasteiger partial charge in [-0.25, -0.2) is 4.98 Å². The van der Waals surface area contributed by atoms with E-state index in [0.29, 0.717) is 0 Å². The second kappa shape index (κ2) is 5.19. The number of amides is 1. The highest BCUT2D eigenvalue weighted by Crippen LogP contribution is 2.38. The fourth-order valence-electron chi connectivity index (χ4n) is 2.99. The number of likely N-dealkylation sites (tertiary alicyclic amines) is 1. The van der Waals surface area contributed by atoms with Gasteiger partial charge in [0.25, 0.3) is 5.91 Å². The maximum absolute atomic E-state index is 11.9. The Morgan fingerprint density at radius 1 is 1.43 bits per heavy atom. The van der Waals surface area contributed by atoms with Gasteiger partial charge in [-0.2, -0.15) is 0 Å². The number of piperidine rings is 1. The molecule has 2 aromatic heterocycles. The van der Waals surface area contributed by atoms with Crippen molar-refractivity contribution in [3.05, 3.63) is 23.1 Å². The number of carbonyl (C=O) groups excluding carboxylic acids is 1. The average Bonchev–Trinajstić information content (AvgIpc) is 3.04. The zero-order valence-electron chi connectivity index (χ0n) is 12.6. The number of hydrogen-bond donors (Lipinski definition) is 0. The number of carbonyl (C=O) groups is 1. The largest absolute Gasteiger partial charge is 0.332 e. The molecule has 2 aromatic rings. The van der Waals surface area contributed by atoms with Crippen LogP contribution in [-0.2, 0) is 10.2 Å². The first kappa shape index (κ1) is 14.2. The summed E-state index contributed by atoms with van der Waals surface area (Å²) in [5.74, 6) is 6.30. The van der Waals surface area contributed by atoms with Crippen LogP contribution in [0, 0.1) is 18.8 Å². The van der Waals surface area contributed by atoms with Crippen LogP contribution >= 0.6 is 11.3 Å². The summed E-state index contributed by atoms with van der Waals surface area (Å²) in [7, 11) is 0. The lowest BCUT2D eigenvalue weighted by molar-refractivity contribution is -0.126. The van der Waals surface area contributed by atoms with Crippen molar-refractivity contribution in [1.82, 2.24) is 14.3 Å². The van der Waals surface area contributed by atoms with Crippen LogP contribution < -0.4 is 0 Å². The van der Waals surface area contributed by atoms with Crippen molar-refractivity contribution in [3.8, 4) is 11.8 Å². The monoisotopic (exact) mass is 301 g/mol. The van der Waals surface area contributed by atoms with Gasteiger partial charge in [-0.15, -0.1) is 11.3 Å². The molecule has 0 spiro atoms. The molecule has 0 saturated carbocycles. The quantitative estimate of drug-likeness (QED) is 0.759. The maximum Gasteiger partial charge on any atom is 0.298 e. The first-order valence-electron chi connectivity index (χ1n) is 7.19. The SMILES string of the molecule is CC#CC(=O)N1CCC(C)(c2nc(C)n3ccsc23)CC1. The molecule has 0 N–H and O–H groups in total. The first-order chi connectivity index (χ1) is 10.0. The van der Waals surface area contributed by atoms with Crippen molar-refractivity contribution in [2.75, 3.05) is 13.1 Å². The average molecular weight is 301 g/mol. The highest BCUT2D eigenvalue weighted by Gasteiger charge is 2.36. The second-order valence-corrected chi connectivity index (χ2v) is 6.71. The Kier molecular flexibility index (Phi) is 3.50. The molecular formula is C16H19N3OS. The van der Waals surface area contributed by atoms with E-state index in [9.17, 15) is 4.79 Å². The molecule has 1 saturated heterocycles. The smallest absolute Gasteiger partial charge is 0.298 e. The van der Waals surface area contributed by atoms with Gasteiger partial charge in [0.15, 0.2) is 0 Å². The van der Waals surface area contributed by atoms with Gasteiger partial charge >= 0.3 is 0 Å². The van der Waals surface area contributed by atoms with Crippen LogP contribution in [0.5, 0.6) is 0 Å². The van der Waals surface area contributed by atoms with E-state index in [1.807, 2.05) is 11.8 Å². The predicted molar refractivity (Wildman–Crippen MR) is 84.4 cm³/mol. The minimum Gasteiger partial charge on any atom is -0.332 e. The molecule has 0 atom stereocenters. The molecule has 1 aliphatic heterocycles. The fraction of sp³-hybridized carbons (Fsp3) is 0.500. The lowest BCUT2D eigenvalue weighted by atomic mass is 9.78. The normalized spacial score (nSPS) is 17.6.